The number of benzene rings is 1. The Labute approximate surface area is 157 Å². The molecule has 2 N–H and O–H groups in total. The second-order valence-electron chi connectivity index (χ2n) is 7.60. The summed E-state index contributed by atoms with van der Waals surface area (Å²) in [6, 6.07) is 6.02. The van der Waals surface area contributed by atoms with Crippen LogP contribution in [0.2, 0.25) is 0 Å². The van der Waals surface area contributed by atoms with E-state index in [1.165, 1.54) is 19.5 Å². The number of hydrogen-bond acceptors (Lipinski definition) is 4. The zero-order valence-corrected chi connectivity index (χ0v) is 16.3. The molecule has 0 saturated carbocycles. The van der Waals surface area contributed by atoms with Crippen molar-refractivity contribution in [3.05, 3.63) is 23.8 Å². The van der Waals surface area contributed by atoms with E-state index in [0.717, 1.165) is 54.4 Å². The molecular weight excluding hydrogens is 328 g/mol. The number of fused-ring (bicyclic) bond motifs is 1. The molecule has 2 aliphatic rings. The van der Waals surface area contributed by atoms with E-state index >= 15 is 0 Å². The Morgan fingerprint density at radius 2 is 1.92 bits per heavy atom. The molecule has 0 spiro atoms. The van der Waals surface area contributed by atoms with Crippen LogP contribution in [0.25, 0.3) is 0 Å². The first-order valence-corrected chi connectivity index (χ1v) is 9.69. The molecule has 26 heavy (non-hydrogen) atoms. The monoisotopic (exact) mass is 360 g/mol. The molecule has 2 atom stereocenters. The first-order chi connectivity index (χ1) is 12.6. The standard InChI is InChI=1S/C20H32N4O2/c1-15-9-16(2)13-24(12-15)8-4-7-22-20(21-3)23-11-17-5-6-18-19(10-17)26-14-25-18/h5-6,10,15-16H,4,7-9,11-14H2,1-3H3,(H2,21,22,23). The average Bonchev–Trinajstić information content (AvgIpc) is 3.08. The van der Waals surface area contributed by atoms with Crippen LogP contribution in [0, 0.1) is 11.8 Å². The Hall–Kier alpha value is -1.95. The summed E-state index contributed by atoms with van der Waals surface area (Å²) in [5.41, 5.74) is 1.15. The van der Waals surface area contributed by atoms with E-state index in [0.29, 0.717) is 13.3 Å². The quantitative estimate of drug-likeness (QED) is 0.464. The third-order valence-electron chi connectivity index (χ3n) is 5.01. The van der Waals surface area contributed by atoms with Crippen LogP contribution in [0.5, 0.6) is 11.5 Å². The minimum absolute atomic E-state index is 0.310. The van der Waals surface area contributed by atoms with E-state index in [4.69, 9.17) is 9.47 Å². The minimum atomic E-state index is 0.310. The molecule has 0 bridgehead atoms. The fraction of sp³-hybridized carbons (Fsp3) is 0.650. The molecule has 1 fully saturated rings. The second-order valence-corrected chi connectivity index (χ2v) is 7.60. The predicted octanol–water partition coefficient (Wildman–Crippen LogP) is 2.45. The Bertz CT molecular complexity index is 610. The molecule has 1 aromatic rings. The smallest absolute Gasteiger partial charge is 0.231 e. The number of rotatable bonds is 6. The van der Waals surface area contributed by atoms with Gasteiger partial charge in [-0.05, 0) is 48.9 Å². The number of likely N-dealkylation sites (tertiary alicyclic amines) is 1. The van der Waals surface area contributed by atoms with Crippen molar-refractivity contribution in [2.75, 3.05) is 40.0 Å². The van der Waals surface area contributed by atoms with Crippen LogP contribution in [-0.4, -0.2) is 50.9 Å². The van der Waals surface area contributed by atoms with Crippen molar-refractivity contribution in [1.82, 2.24) is 15.5 Å². The highest BCUT2D eigenvalue weighted by molar-refractivity contribution is 5.79. The van der Waals surface area contributed by atoms with Gasteiger partial charge in [0.25, 0.3) is 0 Å². The summed E-state index contributed by atoms with van der Waals surface area (Å²) in [4.78, 5) is 6.91. The average molecular weight is 361 g/mol. The lowest BCUT2D eigenvalue weighted by atomic mass is 9.92. The van der Waals surface area contributed by atoms with Crippen molar-refractivity contribution < 1.29 is 9.47 Å². The van der Waals surface area contributed by atoms with Crippen molar-refractivity contribution in [3.8, 4) is 11.5 Å². The van der Waals surface area contributed by atoms with Crippen LogP contribution in [0.1, 0.15) is 32.3 Å². The first-order valence-electron chi connectivity index (χ1n) is 9.69. The van der Waals surface area contributed by atoms with Crippen LogP contribution in [-0.2, 0) is 6.54 Å². The van der Waals surface area contributed by atoms with E-state index in [1.807, 2.05) is 25.2 Å². The molecule has 1 aromatic carbocycles. The molecular formula is C20H32N4O2. The Morgan fingerprint density at radius 3 is 2.69 bits per heavy atom. The van der Waals surface area contributed by atoms with E-state index < -0.39 is 0 Å². The van der Waals surface area contributed by atoms with Gasteiger partial charge in [0.05, 0.1) is 0 Å². The molecule has 144 valence electrons. The molecule has 0 radical (unpaired) electrons. The zero-order valence-electron chi connectivity index (χ0n) is 16.3. The second kappa shape index (κ2) is 9.12. The molecule has 0 aromatic heterocycles. The third-order valence-corrected chi connectivity index (χ3v) is 5.01. The fourth-order valence-corrected chi connectivity index (χ4v) is 3.94. The maximum atomic E-state index is 5.42. The third kappa shape index (κ3) is 5.27. The lowest BCUT2D eigenvalue weighted by molar-refractivity contribution is 0.140. The summed E-state index contributed by atoms with van der Waals surface area (Å²) in [6.45, 7) is 10.3. The van der Waals surface area contributed by atoms with Crippen molar-refractivity contribution in [1.29, 1.82) is 0 Å². The van der Waals surface area contributed by atoms with Gasteiger partial charge in [0.1, 0.15) is 0 Å². The van der Waals surface area contributed by atoms with Crippen LogP contribution >= 0.6 is 0 Å². The van der Waals surface area contributed by atoms with Gasteiger partial charge in [-0.15, -0.1) is 0 Å². The van der Waals surface area contributed by atoms with Gasteiger partial charge >= 0.3 is 0 Å². The largest absolute Gasteiger partial charge is 0.454 e. The minimum Gasteiger partial charge on any atom is -0.454 e. The van der Waals surface area contributed by atoms with Crippen molar-refractivity contribution in [3.63, 3.8) is 0 Å². The van der Waals surface area contributed by atoms with E-state index in [1.54, 1.807) is 0 Å². The highest BCUT2D eigenvalue weighted by Gasteiger charge is 2.21. The molecule has 2 unspecified atom stereocenters. The summed E-state index contributed by atoms with van der Waals surface area (Å²) in [5.74, 6) is 4.11. The number of hydrogen-bond donors (Lipinski definition) is 2. The van der Waals surface area contributed by atoms with Crippen LogP contribution < -0.4 is 20.1 Å². The summed E-state index contributed by atoms with van der Waals surface area (Å²) in [6.07, 6.45) is 2.50. The molecule has 0 amide bonds. The summed E-state index contributed by atoms with van der Waals surface area (Å²) < 4.78 is 10.8. The summed E-state index contributed by atoms with van der Waals surface area (Å²) >= 11 is 0. The zero-order chi connectivity index (χ0) is 18.4. The van der Waals surface area contributed by atoms with Gasteiger partial charge in [-0.1, -0.05) is 19.9 Å². The molecule has 6 nitrogen and oxygen atoms in total. The van der Waals surface area contributed by atoms with Crippen molar-refractivity contribution in [2.45, 2.75) is 33.2 Å². The van der Waals surface area contributed by atoms with E-state index in [-0.39, 0.29) is 0 Å². The molecule has 2 heterocycles. The van der Waals surface area contributed by atoms with Gasteiger partial charge in [0, 0.05) is 33.2 Å². The van der Waals surface area contributed by atoms with Crippen molar-refractivity contribution in [2.24, 2.45) is 16.8 Å². The summed E-state index contributed by atoms with van der Waals surface area (Å²) in [5, 5.41) is 6.77. The number of piperidine rings is 1. The fourth-order valence-electron chi connectivity index (χ4n) is 3.94. The highest BCUT2D eigenvalue weighted by Crippen LogP contribution is 2.32. The number of aliphatic imine (C=N–C) groups is 1. The van der Waals surface area contributed by atoms with Gasteiger partial charge in [0.2, 0.25) is 6.79 Å². The van der Waals surface area contributed by atoms with E-state index in [9.17, 15) is 0 Å². The van der Waals surface area contributed by atoms with Crippen LogP contribution in [0.3, 0.4) is 0 Å². The van der Waals surface area contributed by atoms with Crippen molar-refractivity contribution >= 4 is 5.96 Å². The number of guanidine groups is 1. The molecule has 2 aliphatic heterocycles. The highest BCUT2D eigenvalue weighted by atomic mass is 16.7. The Kier molecular flexibility index (Phi) is 6.61. The molecule has 3 rings (SSSR count). The lowest BCUT2D eigenvalue weighted by Crippen LogP contribution is -2.41. The van der Waals surface area contributed by atoms with Crippen LogP contribution in [0.15, 0.2) is 23.2 Å². The molecule has 0 aliphatic carbocycles. The van der Waals surface area contributed by atoms with Crippen LogP contribution in [0.4, 0.5) is 0 Å². The first kappa shape index (κ1) is 18.8. The summed E-state index contributed by atoms with van der Waals surface area (Å²) in [7, 11) is 1.81. The topological polar surface area (TPSA) is 58.1 Å². The maximum absolute atomic E-state index is 5.42. The van der Waals surface area contributed by atoms with Gasteiger partial charge in [-0.3, -0.25) is 4.99 Å². The Morgan fingerprint density at radius 1 is 1.15 bits per heavy atom. The SMILES string of the molecule is CN=C(NCCCN1CC(C)CC(C)C1)NCc1ccc2c(c1)OCO2. The Balaban J connectivity index is 1.36. The van der Waals surface area contributed by atoms with Gasteiger partial charge < -0.3 is 25.0 Å². The lowest BCUT2D eigenvalue weighted by Gasteiger charge is -2.35. The van der Waals surface area contributed by atoms with Gasteiger partial charge in [-0.25, -0.2) is 0 Å². The van der Waals surface area contributed by atoms with Gasteiger partial charge in [-0.2, -0.15) is 0 Å². The molecule has 6 heteroatoms. The number of nitrogens with one attached hydrogen (secondary N) is 2. The predicted molar refractivity (Wildman–Crippen MR) is 105 cm³/mol. The normalized spacial score (nSPS) is 23.1. The van der Waals surface area contributed by atoms with Gasteiger partial charge in [0.15, 0.2) is 17.5 Å². The number of nitrogens with zero attached hydrogens (tertiary/aromatic N) is 2. The molecule has 1 saturated heterocycles. The number of ether oxygens (including phenoxy) is 2. The maximum Gasteiger partial charge on any atom is 0.231 e. The van der Waals surface area contributed by atoms with E-state index in [2.05, 4.69) is 34.4 Å².